The van der Waals surface area contributed by atoms with Gasteiger partial charge in [0.15, 0.2) is 5.96 Å². The Morgan fingerprint density at radius 1 is 1.21 bits per heavy atom. The van der Waals surface area contributed by atoms with Gasteiger partial charge in [-0.2, -0.15) is 8.42 Å². The van der Waals surface area contributed by atoms with Crippen molar-refractivity contribution in [2.45, 2.75) is 6.92 Å². The summed E-state index contributed by atoms with van der Waals surface area (Å²) in [5, 5.41) is 10.3. The summed E-state index contributed by atoms with van der Waals surface area (Å²) >= 11 is 1.31. The summed E-state index contributed by atoms with van der Waals surface area (Å²) in [6, 6.07) is 12.1. The van der Waals surface area contributed by atoms with Crippen molar-refractivity contribution in [2.75, 3.05) is 6.26 Å². The molecule has 0 fully saturated rings. The van der Waals surface area contributed by atoms with Gasteiger partial charge in [0.05, 0.1) is 11.1 Å². The Kier molecular flexibility index (Phi) is 6.49. The van der Waals surface area contributed by atoms with Crippen molar-refractivity contribution in [1.82, 2.24) is 5.32 Å². The highest BCUT2D eigenvalue weighted by Crippen LogP contribution is 2.35. The molecule has 7 nitrogen and oxygen atoms in total. The molecule has 0 aliphatic carbocycles. The smallest absolute Gasteiger partial charge is 0.268 e. The number of carbonyl (C=O) groups is 1. The molecule has 1 amide bonds. The molecule has 3 aromatic rings. The van der Waals surface area contributed by atoms with Crippen molar-refractivity contribution in [2.24, 2.45) is 5.73 Å². The van der Waals surface area contributed by atoms with Crippen LogP contribution in [0.25, 0.3) is 21.2 Å². The van der Waals surface area contributed by atoms with E-state index in [4.69, 9.17) is 15.7 Å². The number of thiophene rings is 1. The largest absolute Gasteiger partial charge is 0.370 e. The van der Waals surface area contributed by atoms with Gasteiger partial charge >= 0.3 is 0 Å². The highest BCUT2D eigenvalue weighted by atomic mass is 32.2. The van der Waals surface area contributed by atoms with Gasteiger partial charge < -0.3 is 5.73 Å². The lowest BCUT2D eigenvalue weighted by Gasteiger charge is -2.07. The van der Waals surface area contributed by atoms with E-state index < -0.39 is 22.0 Å². The minimum absolute atomic E-state index is 0.299. The maximum Gasteiger partial charge on any atom is 0.268 e. The van der Waals surface area contributed by atoms with E-state index in [2.05, 4.69) is 5.32 Å². The Bertz CT molecular complexity index is 1150. The molecule has 2 aromatic carbocycles. The summed E-state index contributed by atoms with van der Waals surface area (Å²) in [4.78, 5) is 12.5. The van der Waals surface area contributed by atoms with Gasteiger partial charge in [-0.15, -0.1) is 11.3 Å². The Morgan fingerprint density at radius 3 is 2.46 bits per heavy atom. The maximum atomic E-state index is 13.6. The number of hydrogen-bond acceptors (Lipinski definition) is 5. The number of halogens is 1. The number of nitrogens with two attached hydrogens (primary N) is 1. The van der Waals surface area contributed by atoms with E-state index in [-0.39, 0.29) is 5.82 Å². The first kappa shape index (κ1) is 21.5. The Labute approximate surface area is 165 Å². The molecule has 1 aromatic heterocycles. The van der Waals surface area contributed by atoms with Crippen molar-refractivity contribution >= 4 is 43.4 Å². The summed E-state index contributed by atoms with van der Waals surface area (Å²) in [5.74, 6) is -1.11. The van der Waals surface area contributed by atoms with Crippen LogP contribution in [0.3, 0.4) is 0 Å². The van der Waals surface area contributed by atoms with E-state index in [1.807, 2.05) is 25.1 Å². The third-order valence-electron chi connectivity index (χ3n) is 3.52. The number of fused-ring (bicyclic) bond motifs is 1. The van der Waals surface area contributed by atoms with Crippen LogP contribution in [0.5, 0.6) is 0 Å². The predicted octanol–water partition coefficient (Wildman–Crippen LogP) is 3.14. The highest BCUT2D eigenvalue weighted by Gasteiger charge is 2.14. The summed E-state index contributed by atoms with van der Waals surface area (Å²) < 4.78 is 40.4. The Hall–Kier alpha value is -2.82. The molecule has 1 heterocycles. The number of guanidine groups is 1. The fraction of sp³-hybridized carbons (Fsp3) is 0.111. The highest BCUT2D eigenvalue weighted by molar-refractivity contribution is 7.85. The second-order valence-electron chi connectivity index (χ2n) is 5.89. The van der Waals surface area contributed by atoms with Crippen molar-refractivity contribution in [3.63, 3.8) is 0 Å². The molecule has 0 aliphatic rings. The van der Waals surface area contributed by atoms with E-state index in [0.29, 0.717) is 11.1 Å². The summed E-state index contributed by atoms with van der Waals surface area (Å²) in [7, 11) is -3.67. The lowest BCUT2D eigenvalue weighted by molar-refractivity contribution is 0.0980. The molecule has 28 heavy (non-hydrogen) atoms. The third kappa shape index (κ3) is 5.84. The van der Waals surface area contributed by atoms with Gasteiger partial charge in [0.1, 0.15) is 5.82 Å². The van der Waals surface area contributed by atoms with Gasteiger partial charge in [-0.1, -0.05) is 18.2 Å². The summed E-state index contributed by atoms with van der Waals surface area (Å²) in [6.45, 7) is 1.92. The number of amides is 1. The van der Waals surface area contributed by atoms with Crippen molar-refractivity contribution < 1.29 is 22.2 Å². The Morgan fingerprint density at radius 2 is 1.86 bits per heavy atom. The molecule has 0 radical (unpaired) electrons. The average Bonchev–Trinajstić information content (AvgIpc) is 2.99. The van der Waals surface area contributed by atoms with E-state index in [0.717, 1.165) is 26.8 Å². The van der Waals surface area contributed by atoms with E-state index in [1.54, 1.807) is 12.1 Å². The lowest BCUT2D eigenvalue weighted by atomic mass is 9.97. The molecule has 0 bridgehead atoms. The van der Waals surface area contributed by atoms with Gasteiger partial charge in [-0.25, -0.2) is 4.39 Å². The average molecular weight is 423 g/mol. The fourth-order valence-corrected chi connectivity index (χ4v) is 3.46. The van der Waals surface area contributed by atoms with Crippen LogP contribution in [0.4, 0.5) is 4.39 Å². The molecule has 3 rings (SSSR count). The minimum Gasteiger partial charge on any atom is -0.370 e. The van der Waals surface area contributed by atoms with E-state index in [1.165, 1.54) is 23.5 Å². The first-order chi connectivity index (χ1) is 13.0. The number of rotatable bonds is 2. The van der Waals surface area contributed by atoms with Crippen LogP contribution in [0.15, 0.2) is 42.5 Å². The van der Waals surface area contributed by atoms with Crippen LogP contribution in [0, 0.1) is 18.2 Å². The van der Waals surface area contributed by atoms with Crippen molar-refractivity contribution in [3.05, 3.63) is 58.7 Å². The quantitative estimate of drug-likeness (QED) is 0.285. The fourth-order valence-electron chi connectivity index (χ4n) is 2.48. The zero-order valence-electron chi connectivity index (χ0n) is 15.0. The van der Waals surface area contributed by atoms with Crippen LogP contribution in [-0.2, 0) is 10.1 Å². The molecule has 0 aliphatic heterocycles. The zero-order valence-corrected chi connectivity index (χ0v) is 16.6. The normalized spacial score (nSPS) is 10.9. The second kappa shape index (κ2) is 8.46. The molecule has 0 spiro atoms. The third-order valence-corrected chi connectivity index (χ3v) is 4.62. The number of nitrogens with one attached hydrogen (secondary N) is 2. The van der Waals surface area contributed by atoms with Crippen LogP contribution in [0.1, 0.15) is 15.2 Å². The number of benzene rings is 2. The molecule has 0 saturated heterocycles. The summed E-state index contributed by atoms with van der Waals surface area (Å²) in [6.07, 6.45) is 0.715. The molecule has 148 valence electrons. The van der Waals surface area contributed by atoms with Gasteiger partial charge in [0.2, 0.25) is 0 Å². The topological polar surface area (TPSA) is 133 Å². The van der Waals surface area contributed by atoms with Gasteiger partial charge in [0, 0.05) is 10.1 Å². The van der Waals surface area contributed by atoms with Crippen molar-refractivity contribution in [1.29, 1.82) is 5.41 Å². The van der Waals surface area contributed by atoms with Gasteiger partial charge in [0.25, 0.3) is 16.0 Å². The molecule has 10 heteroatoms. The standard InChI is InChI=1S/C17H14FN3OS.CH4O3S/c1-9-5-6-10(18)7-12(9)11-3-2-4-14-13(11)8-15(23-14)16(22)21-17(19)20;1-5(2,3)4/h2-8H,1H3,(H4,19,20,21,22);1H3,(H,2,3,4). The molecule has 0 saturated carbocycles. The molecular formula is C18H18FN3O4S2. The maximum absolute atomic E-state index is 13.6. The lowest BCUT2D eigenvalue weighted by Crippen LogP contribution is -2.35. The van der Waals surface area contributed by atoms with E-state index >= 15 is 0 Å². The Balaban J connectivity index is 0.000000500. The van der Waals surface area contributed by atoms with Crippen LogP contribution in [-0.4, -0.2) is 31.1 Å². The van der Waals surface area contributed by atoms with Gasteiger partial charge in [-0.05, 0) is 47.9 Å². The molecule has 0 atom stereocenters. The van der Waals surface area contributed by atoms with Crippen LogP contribution in [0.2, 0.25) is 0 Å². The first-order valence-corrected chi connectivity index (χ1v) is 10.5. The molecular weight excluding hydrogens is 405 g/mol. The predicted molar refractivity (Wildman–Crippen MR) is 109 cm³/mol. The SMILES string of the molecule is CS(=O)(=O)O.Cc1ccc(F)cc1-c1cccc2sc(C(=O)NC(=N)N)cc12. The minimum atomic E-state index is -3.67. The molecule has 0 unspecified atom stereocenters. The number of hydrogen-bond donors (Lipinski definition) is 4. The van der Waals surface area contributed by atoms with Crippen molar-refractivity contribution in [3.8, 4) is 11.1 Å². The zero-order chi connectivity index (χ0) is 21.1. The number of carbonyl (C=O) groups excluding carboxylic acids is 1. The first-order valence-electron chi connectivity index (χ1n) is 7.82. The monoisotopic (exact) mass is 423 g/mol. The number of aryl methyl sites for hydroxylation is 1. The summed E-state index contributed by atoms with van der Waals surface area (Å²) in [5.41, 5.74) is 7.83. The van der Waals surface area contributed by atoms with Crippen LogP contribution < -0.4 is 11.1 Å². The van der Waals surface area contributed by atoms with E-state index in [9.17, 15) is 17.6 Å². The van der Waals surface area contributed by atoms with Crippen LogP contribution >= 0.6 is 11.3 Å². The molecule has 5 N–H and O–H groups in total. The second-order valence-corrected chi connectivity index (χ2v) is 8.44. The van der Waals surface area contributed by atoms with Gasteiger partial charge in [-0.3, -0.25) is 20.1 Å².